The summed E-state index contributed by atoms with van der Waals surface area (Å²) < 4.78 is 0. The SMILES string of the molecule is C1CCC2(C1)C1Cc3c(C4=NCN=N4)n[nH]c3C12.C1CCC2(CC1)C1Cc3c(C4=NCN=N4)n[nH]c3C12.C=CCC1C2Cc3c(C(C)=O)n[nH]c3C12.C=CCC1C2Cc3c(C4=NCN=N4)n[nH]c3C12.CC(=O)c1n[nH]c2c1C1C(C)C1C2.CC(=O)c1n[nH]c2c1CC1C2C12CCCC2.CC(=O)c1n[nH]c2c1CC1C2C12CCCCC2. The maximum atomic E-state index is 11.5. The summed E-state index contributed by atoms with van der Waals surface area (Å²) in [4.78, 5) is 58.3. The Morgan fingerprint density at radius 2 is 0.678 bits per heavy atom. The van der Waals surface area contributed by atoms with E-state index in [9.17, 15) is 19.2 Å². The Bertz CT molecular complexity index is 5410. The first-order valence-corrected chi connectivity index (χ1v) is 43.6. The standard InChI is InChI=1S/C14H17N5.C14H18N2O.C13H15N5.C13H16N2O.C12H13N5.C12H14N2O.C10H12N2O/c1-2-4-14(5-3-1)9-6-8-11(10(9)14)17-18-12(8)13-15-7-16-19-13;1-8(17)12-9-7-10-11(13(9)16-15-12)14(10)5-3-2-4-6-14;1-2-4-13(3-1)8-5-7-10(9(8)13)16-17-11(7)12-14-6-15-18-12;1-7(16)11-8-6-9-10(12(8)15-14-11)13(9)4-2-3-5-13;1-2-3-6-7-4-8-10(9(6)7)15-16-11(8)12-13-5-14-17-12;1-3-4-7-8-5-9-11(6(2)15)13-14-12(9)10(7)8;1-4-6-3-7-9(8(4)6)10(5(2)13)12-11-7/h9-10H,1-7H2,(H,17,18);10-11H,2-7H2,1H3,(H,15,16);8-9H,1-6H2,(H,16,17);9-10H,2-6H2,1H3,(H,14,15);2,6-7,9H,1,3-5H2,(H,15,16);3,7-8,10H,1,4-5H2,2H3,(H,13,14);4,6,8H,3H2,1-2H3,(H,11,12). The Kier molecular flexibility index (Phi) is 16.7. The van der Waals surface area contributed by atoms with E-state index in [4.69, 9.17) is 0 Å². The van der Waals surface area contributed by atoms with Crippen molar-refractivity contribution in [1.82, 2.24) is 71.4 Å². The van der Waals surface area contributed by atoms with Gasteiger partial charge in [0.2, 0.25) is 0 Å². The van der Waals surface area contributed by atoms with Crippen LogP contribution in [0.15, 0.2) is 71.0 Å². The number of fused-ring (bicyclic) bond motifs is 29. The fraction of sp³-hybridized carbons (Fsp3) is 0.636. The molecule has 27 nitrogen and oxygen atoms in total. The molecule has 115 heavy (non-hydrogen) atoms. The minimum Gasteiger partial charge on any atom is -0.293 e. The van der Waals surface area contributed by atoms with Gasteiger partial charge in [-0.25, -0.2) is 15.0 Å². The zero-order chi connectivity index (χ0) is 77.9. The van der Waals surface area contributed by atoms with Gasteiger partial charge in [-0.1, -0.05) is 83.3 Å². The minimum atomic E-state index is 0.0778. The van der Waals surface area contributed by atoms with Crippen LogP contribution in [0.5, 0.6) is 0 Å². The maximum Gasteiger partial charge on any atom is 0.199 e. The van der Waals surface area contributed by atoms with Crippen molar-refractivity contribution in [2.45, 2.75) is 249 Å². The summed E-state index contributed by atoms with van der Waals surface area (Å²) in [6.45, 7) is 17.7. The fourth-order valence-corrected chi connectivity index (χ4v) is 27.8. The highest BCUT2D eigenvalue weighted by Gasteiger charge is 2.73. The quantitative estimate of drug-likeness (QED) is 0.0471. The van der Waals surface area contributed by atoms with Gasteiger partial charge in [0.15, 0.2) is 60.6 Å². The summed E-state index contributed by atoms with van der Waals surface area (Å²) in [7, 11) is 0. The lowest BCUT2D eigenvalue weighted by atomic mass is 9.80. The minimum absolute atomic E-state index is 0.0778. The third-order valence-electron chi connectivity index (χ3n) is 33.2. The number of hydrogen-bond acceptors (Lipinski definition) is 20. The Hall–Kier alpha value is -9.56. The molecule has 0 saturated heterocycles. The highest BCUT2D eigenvalue weighted by Crippen LogP contribution is 2.79. The van der Waals surface area contributed by atoms with E-state index in [0.29, 0.717) is 99.9 Å². The van der Waals surface area contributed by atoms with Gasteiger partial charge in [0.25, 0.3) is 0 Å². The Morgan fingerprint density at radius 1 is 0.365 bits per heavy atom. The summed E-state index contributed by atoms with van der Waals surface area (Å²) >= 11 is 0. The van der Waals surface area contributed by atoms with Gasteiger partial charge in [-0.2, -0.15) is 51.0 Å². The lowest BCUT2D eigenvalue weighted by Crippen LogP contribution is -2.14. The first-order valence-electron chi connectivity index (χ1n) is 43.6. The Balaban J connectivity index is 0.0000000818. The summed E-state index contributed by atoms with van der Waals surface area (Å²) in [6.07, 6.45) is 39.4. The molecule has 0 bridgehead atoms. The molecule has 11 fully saturated rings. The third kappa shape index (κ3) is 10.9. The molecule has 10 heterocycles. The number of nitrogens with one attached hydrogen (secondary N) is 7. The number of H-pyrrole nitrogens is 7. The number of nitrogens with zero attached hydrogens (tertiary/aromatic N) is 16. The number of allylic oxidation sites excluding steroid dienone is 2. The molecule has 7 aromatic heterocycles. The van der Waals surface area contributed by atoms with Crippen molar-refractivity contribution in [3.05, 3.63) is 144 Å². The summed E-state index contributed by atoms with van der Waals surface area (Å²) in [5, 5.41) is 75.8. The molecular weight excluding hydrogens is 1440 g/mol. The molecule has 7 aromatic rings. The molecular formula is C88H105N23O4. The summed E-state index contributed by atoms with van der Waals surface area (Å²) in [5.41, 5.74) is 26.2. The van der Waals surface area contributed by atoms with Crippen molar-refractivity contribution in [3.63, 3.8) is 0 Å². The third-order valence-corrected chi connectivity index (χ3v) is 33.2. The molecule has 7 N–H and O–H groups in total. The molecule has 0 radical (unpaired) electrons. The lowest BCUT2D eigenvalue weighted by molar-refractivity contribution is 0.0999. The molecule has 3 aliphatic heterocycles. The van der Waals surface area contributed by atoms with E-state index < -0.39 is 0 Å². The van der Waals surface area contributed by atoms with Gasteiger partial charge in [0, 0.05) is 142 Å². The summed E-state index contributed by atoms with van der Waals surface area (Å²) in [6, 6.07) is 0. The number of aliphatic imine (C=N–C) groups is 3. The molecule has 596 valence electrons. The van der Waals surface area contributed by atoms with E-state index in [1.54, 1.807) is 27.7 Å². The van der Waals surface area contributed by atoms with Crippen molar-refractivity contribution in [3.8, 4) is 0 Å². The van der Waals surface area contributed by atoms with Crippen LogP contribution in [0.25, 0.3) is 0 Å². The number of aromatic amines is 7. The second-order valence-corrected chi connectivity index (χ2v) is 38.1. The van der Waals surface area contributed by atoms with Gasteiger partial charge in [-0.15, -0.1) is 28.5 Å². The van der Waals surface area contributed by atoms with Gasteiger partial charge >= 0.3 is 0 Å². The summed E-state index contributed by atoms with van der Waals surface area (Å²) in [5.74, 6) is 15.4. The molecule has 11 saturated carbocycles. The van der Waals surface area contributed by atoms with Gasteiger partial charge in [0.1, 0.15) is 39.9 Å². The van der Waals surface area contributed by atoms with Crippen LogP contribution in [0.3, 0.4) is 0 Å². The van der Waals surface area contributed by atoms with E-state index >= 15 is 0 Å². The van der Waals surface area contributed by atoms with Gasteiger partial charge in [0.05, 0.1) is 0 Å². The fourth-order valence-electron chi connectivity index (χ4n) is 27.8. The molecule has 28 rings (SSSR count). The monoisotopic (exact) mass is 1550 g/mol. The van der Waals surface area contributed by atoms with Crippen LogP contribution in [0.2, 0.25) is 0 Å². The number of rotatable bonds is 11. The first-order chi connectivity index (χ1) is 56.1. The van der Waals surface area contributed by atoms with Crippen molar-refractivity contribution in [1.29, 1.82) is 0 Å². The zero-order valence-corrected chi connectivity index (χ0v) is 66.9. The predicted molar refractivity (Wildman–Crippen MR) is 427 cm³/mol. The Labute approximate surface area is 667 Å². The molecule has 18 aliphatic carbocycles. The first kappa shape index (κ1) is 71.9. The van der Waals surface area contributed by atoms with Crippen molar-refractivity contribution >= 4 is 40.6 Å². The number of carbonyl (C=O) groups excluding carboxylic acids is 4. The number of carbonyl (C=O) groups is 4. The maximum absolute atomic E-state index is 11.5. The molecule has 17 unspecified atom stereocenters. The smallest absolute Gasteiger partial charge is 0.199 e. The molecule has 17 atom stereocenters. The zero-order valence-electron chi connectivity index (χ0n) is 66.9. The van der Waals surface area contributed by atoms with Gasteiger partial charge in [-0.3, -0.25) is 54.9 Å². The van der Waals surface area contributed by atoms with Crippen LogP contribution in [-0.2, 0) is 44.9 Å². The largest absolute Gasteiger partial charge is 0.293 e. The highest BCUT2D eigenvalue weighted by atomic mass is 16.1. The molecule has 27 heteroatoms. The van der Waals surface area contributed by atoms with E-state index in [-0.39, 0.29) is 23.1 Å². The van der Waals surface area contributed by atoms with Crippen LogP contribution < -0.4 is 0 Å². The Morgan fingerprint density at radius 3 is 1.05 bits per heavy atom. The number of hydrogen-bond donors (Lipinski definition) is 7. The van der Waals surface area contributed by atoms with E-state index in [1.807, 2.05) is 12.2 Å². The molecule has 21 aliphatic rings. The number of azo groups is 3. The van der Waals surface area contributed by atoms with E-state index in [0.717, 1.165) is 145 Å². The van der Waals surface area contributed by atoms with E-state index in [2.05, 4.69) is 137 Å². The molecule has 0 aromatic carbocycles. The van der Waals surface area contributed by atoms with Crippen LogP contribution in [0, 0.1) is 80.8 Å². The highest BCUT2D eigenvalue weighted by molar-refractivity contribution is 6.02. The average molecular weight is 1550 g/mol. The van der Waals surface area contributed by atoms with Crippen molar-refractivity contribution in [2.75, 3.05) is 20.0 Å². The number of Topliss-reactive ketones (excluding diaryl/α,β-unsaturated/α-hetero) is 4. The topological polar surface area (TPSA) is 380 Å². The second-order valence-electron chi connectivity index (χ2n) is 38.1. The van der Waals surface area contributed by atoms with Crippen molar-refractivity contribution < 1.29 is 19.2 Å². The van der Waals surface area contributed by atoms with Crippen LogP contribution in [-0.4, -0.2) is 132 Å². The lowest BCUT2D eigenvalue weighted by Gasteiger charge is -2.25. The van der Waals surface area contributed by atoms with Crippen LogP contribution >= 0.6 is 0 Å². The van der Waals surface area contributed by atoms with Crippen LogP contribution in [0.4, 0.5) is 0 Å². The number of aromatic nitrogens is 14. The normalized spacial score (nSPS) is 32.8. The molecule has 4 spiro atoms. The van der Waals surface area contributed by atoms with Gasteiger partial charge in [-0.05, 0) is 196 Å². The van der Waals surface area contributed by atoms with Crippen molar-refractivity contribution in [2.24, 2.45) is 127 Å². The molecule has 0 amide bonds. The van der Waals surface area contributed by atoms with Crippen LogP contribution in [0.1, 0.15) is 342 Å². The number of amidine groups is 3. The van der Waals surface area contributed by atoms with E-state index in [1.165, 1.54) is 207 Å². The number of ketones is 4. The average Bonchev–Trinajstić information content (AvgIpc) is 1.52. The second kappa shape index (κ2) is 26.7. The van der Waals surface area contributed by atoms with Gasteiger partial charge < -0.3 is 0 Å². The predicted octanol–water partition coefficient (Wildman–Crippen LogP) is 16.1.